The third kappa shape index (κ3) is 3.94. The Morgan fingerprint density at radius 2 is 1.54 bits per heavy atom. The van der Waals surface area contributed by atoms with Gasteiger partial charge in [0.1, 0.15) is 6.10 Å². The van der Waals surface area contributed by atoms with Crippen molar-refractivity contribution in [2.24, 2.45) is 5.41 Å². The second kappa shape index (κ2) is 9.02. The molecular weight excluding hydrogens is 356 g/mol. The van der Waals surface area contributed by atoms with Gasteiger partial charge in [-0.05, 0) is 36.8 Å². The van der Waals surface area contributed by atoms with Gasteiger partial charge in [0.2, 0.25) is 0 Å². The Bertz CT molecular complexity index is 771. The lowest BCUT2D eigenvalue weighted by atomic mass is 9.72. The maximum absolute atomic E-state index is 12.8. The SMILES string of the molecule is COC(=O)C1(C(=O)OC)CC[C@@H](CCc2ccccc2)O[C@H]1c1ccccc1. The van der Waals surface area contributed by atoms with Crippen LogP contribution in [0.1, 0.15) is 36.5 Å². The van der Waals surface area contributed by atoms with Crippen LogP contribution in [0.3, 0.4) is 0 Å². The molecule has 0 aliphatic carbocycles. The molecule has 28 heavy (non-hydrogen) atoms. The van der Waals surface area contributed by atoms with Crippen molar-refractivity contribution >= 4 is 11.9 Å². The summed E-state index contributed by atoms with van der Waals surface area (Å²) in [6.07, 6.45) is 1.78. The van der Waals surface area contributed by atoms with Gasteiger partial charge in [0.25, 0.3) is 0 Å². The fourth-order valence-electron chi connectivity index (χ4n) is 3.94. The van der Waals surface area contributed by atoms with Gasteiger partial charge in [-0.1, -0.05) is 60.7 Å². The van der Waals surface area contributed by atoms with Crippen molar-refractivity contribution in [1.82, 2.24) is 0 Å². The van der Waals surface area contributed by atoms with Crippen LogP contribution >= 0.6 is 0 Å². The van der Waals surface area contributed by atoms with Crippen LogP contribution in [0.4, 0.5) is 0 Å². The second-order valence-electron chi connectivity index (χ2n) is 7.07. The summed E-state index contributed by atoms with van der Waals surface area (Å²) in [7, 11) is 2.58. The van der Waals surface area contributed by atoms with E-state index in [0.717, 1.165) is 18.4 Å². The Morgan fingerprint density at radius 3 is 2.11 bits per heavy atom. The van der Waals surface area contributed by atoms with E-state index < -0.39 is 23.5 Å². The van der Waals surface area contributed by atoms with Gasteiger partial charge in [-0.2, -0.15) is 0 Å². The molecule has 0 radical (unpaired) electrons. The van der Waals surface area contributed by atoms with E-state index in [4.69, 9.17) is 14.2 Å². The highest BCUT2D eigenvalue weighted by molar-refractivity contribution is 6.01. The van der Waals surface area contributed by atoms with Crippen molar-refractivity contribution in [3.63, 3.8) is 0 Å². The molecule has 0 amide bonds. The number of carbonyl (C=O) groups is 2. The molecule has 2 aromatic carbocycles. The van der Waals surface area contributed by atoms with Gasteiger partial charge in [-0.15, -0.1) is 0 Å². The number of rotatable bonds is 6. The summed E-state index contributed by atoms with van der Waals surface area (Å²) in [4.78, 5) is 25.5. The number of aryl methyl sites for hydroxylation is 1. The zero-order valence-corrected chi connectivity index (χ0v) is 16.3. The molecule has 5 nitrogen and oxygen atoms in total. The molecule has 0 N–H and O–H groups in total. The topological polar surface area (TPSA) is 61.8 Å². The molecule has 0 saturated carbocycles. The van der Waals surface area contributed by atoms with E-state index in [2.05, 4.69) is 12.1 Å². The van der Waals surface area contributed by atoms with Gasteiger partial charge in [0.15, 0.2) is 5.41 Å². The lowest BCUT2D eigenvalue weighted by Gasteiger charge is -2.42. The molecule has 0 aromatic heterocycles. The summed E-state index contributed by atoms with van der Waals surface area (Å²) in [5, 5.41) is 0. The van der Waals surface area contributed by atoms with Crippen molar-refractivity contribution < 1.29 is 23.8 Å². The third-order valence-corrected chi connectivity index (χ3v) is 5.44. The maximum atomic E-state index is 12.8. The second-order valence-corrected chi connectivity index (χ2v) is 7.07. The largest absolute Gasteiger partial charge is 0.468 e. The first-order valence-corrected chi connectivity index (χ1v) is 9.53. The van der Waals surface area contributed by atoms with E-state index in [0.29, 0.717) is 12.8 Å². The van der Waals surface area contributed by atoms with Crippen molar-refractivity contribution in [1.29, 1.82) is 0 Å². The average molecular weight is 382 g/mol. The van der Waals surface area contributed by atoms with Crippen LogP contribution < -0.4 is 0 Å². The molecule has 2 aromatic rings. The molecule has 1 heterocycles. The van der Waals surface area contributed by atoms with E-state index >= 15 is 0 Å². The Morgan fingerprint density at radius 1 is 0.964 bits per heavy atom. The number of methoxy groups -OCH3 is 2. The first-order chi connectivity index (χ1) is 13.6. The van der Waals surface area contributed by atoms with Crippen molar-refractivity contribution in [3.05, 3.63) is 71.8 Å². The van der Waals surface area contributed by atoms with Gasteiger partial charge >= 0.3 is 11.9 Å². The van der Waals surface area contributed by atoms with Crippen LogP contribution in [0.5, 0.6) is 0 Å². The molecule has 1 saturated heterocycles. The summed E-state index contributed by atoms with van der Waals surface area (Å²) < 4.78 is 16.4. The van der Waals surface area contributed by atoms with E-state index in [1.54, 1.807) is 0 Å². The lowest BCUT2D eigenvalue weighted by Crippen LogP contribution is -2.51. The van der Waals surface area contributed by atoms with E-state index in [9.17, 15) is 9.59 Å². The molecule has 2 atom stereocenters. The molecule has 1 fully saturated rings. The number of benzene rings is 2. The summed E-state index contributed by atoms with van der Waals surface area (Å²) in [5.41, 5.74) is 0.511. The number of hydrogen-bond donors (Lipinski definition) is 0. The number of ether oxygens (including phenoxy) is 3. The van der Waals surface area contributed by atoms with Gasteiger partial charge in [0, 0.05) is 0 Å². The van der Waals surface area contributed by atoms with Crippen molar-refractivity contribution in [3.8, 4) is 0 Å². The summed E-state index contributed by atoms with van der Waals surface area (Å²) in [6, 6.07) is 19.6. The maximum Gasteiger partial charge on any atom is 0.326 e. The van der Waals surface area contributed by atoms with Gasteiger partial charge in [-0.25, -0.2) is 0 Å². The van der Waals surface area contributed by atoms with Crippen LogP contribution in [-0.2, 0) is 30.2 Å². The summed E-state index contributed by atoms with van der Waals surface area (Å²) >= 11 is 0. The Hall–Kier alpha value is -2.66. The predicted octanol–water partition coefficient (Wildman–Crippen LogP) is 3.87. The Balaban J connectivity index is 1.88. The highest BCUT2D eigenvalue weighted by atomic mass is 16.6. The highest BCUT2D eigenvalue weighted by Crippen LogP contribution is 2.48. The van der Waals surface area contributed by atoms with Crippen LogP contribution in [0.2, 0.25) is 0 Å². The van der Waals surface area contributed by atoms with Crippen LogP contribution in [0, 0.1) is 5.41 Å². The molecule has 0 bridgehead atoms. The van der Waals surface area contributed by atoms with Crippen LogP contribution in [0.15, 0.2) is 60.7 Å². The Labute approximate surface area is 165 Å². The molecule has 1 aliphatic rings. The molecule has 0 unspecified atom stereocenters. The zero-order chi connectivity index (χ0) is 20.0. The minimum absolute atomic E-state index is 0.0622. The molecule has 5 heteroatoms. The number of esters is 2. The molecular formula is C23H26O5. The first-order valence-electron chi connectivity index (χ1n) is 9.53. The van der Waals surface area contributed by atoms with Crippen LogP contribution in [0.25, 0.3) is 0 Å². The quantitative estimate of drug-likeness (QED) is 0.561. The average Bonchev–Trinajstić information content (AvgIpc) is 2.77. The lowest BCUT2D eigenvalue weighted by molar-refractivity contribution is -0.198. The smallest absolute Gasteiger partial charge is 0.326 e. The predicted molar refractivity (Wildman–Crippen MR) is 105 cm³/mol. The van der Waals surface area contributed by atoms with Gasteiger partial charge in [-0.3, -0.25) is 9.59 Å². The zero-order valence-electron chi connectivity index (χ0n) is 16.3. The number of carbonyl (C=O) groups excluding carboxylic acids is 2. The highest BCUT2D eigenvalue weighted by Gasteiger charge is 2.58. The first kappa shape index (κ1) is 20.1. The molecule has 0 spiro atoms. The number of hydrogen-bond acceptors (Lipinski definition) is 5. The minimum atomic E-state index is -1.49. The minimum Gasteiger partial charge on any atom is -0.468 e. The van der Waals surface area contributed by atoms with Crippen molar-refractivity contribution in [2.45, 2.75) is 37.9 Å². The van der Waals surface area contributed by atoms with Crippen molar-refractivity contribution in [2.75, 3.05) is 14.2 Å². The molecule has 3 rings (SSSR count). The van der Waals surface area contributed by atoms with Gasteiger partial charge in [0.05, 0.1) is 20.3 Å². The summed E-state index contributed by atoms with van der Waals surface area (Å²) in [6.45, 7) is 0. The fraction of sp³-hybridized carbons (Fsp3) is 0.391. The normalized spacial score (nSPS) is 20.9. The van der Waals surface area contributed by atoms with E-state index in [1.807, 2.05) is 48.5 Å². The van der Waals surface area contributed by atoms with Gasteiger partial charge < -0.3 is 14.2 Å². The molecule has 148 valence electrons. The monoisotopic (exact) mass is 382 g/mol. The van der Waals surface area contributed by atoms with E-state index in [-0.39, 0.29) is 6.10 Å². The standard InChI is InChI=1S/C23H26O5/c1-26-21(24)23(22(25)27-2)16-15-19(14-13-17-9-5-3-6-10-17)28-20(23)18-11-7-4-8-12-18/h3-12,19-20H,13-16H2,1-2H3/t19-,20+/m1/s1. The summed E-state index contributed by atoms with van der Waals surface area (Å²) in [5.74, 6) is -1.23. The van der Waals surface area contributed by atoms with Crippen LogP contribution in [-0.4, -0.2) is 32.3 Å². The molecule has 1 aliphatic heterocycles. The Kier molecular flexibility index (Phi) is 6.47. The third-order valence-electron chi connectivity index (χ3n) is 5.44. The van der Waals surface area contributed by atoms with E-state index in [1.165, 1.54) is 19.8 Å². The fourth-order valence-corrected chi connectivity index (χ4v) is 3.94.